The van der Waals surface area contributed by atoms with Crippen molar-refractivity contribution in [3.8, 4) is 0 Å². The number of carbonyl (C=O) groups excluding carboxylic acids is 1. The van der Waals surface area contributed by atoms with E-state index >= 15 is 0 Å². The fraction of sp³-hybridized carbons (Fsp3) is 0.524. The molecule has 0 bridgehead atoms. The van der Waals surface area contributed by atoms with Crippen LogP contribution in [0.4, 0.5) is 10.5 Å². The van der Waals surface area contributed by atoms with Crippen molar-refractivity contribution < 1.29 is 17.9 Å². The lowest BCUT2D eigenvalue weighted by molar-refractivity contribution is 0.0277. The quantitative estimate of drug-likeness (QED) is 0.625. The van der Waals surface area contributed by atoms with Gasteiger partial charge in [-0.3, -0.25) is 5.10 Å². The number of ether oxygens (including phenoxy) is 1. The third-order valence-electron chi connectivity index (χ3n) is 6.07. The zero-order chi connectivity index (χ0) is 21.7. The molecule has 1 aromatic heterocycles. The summed E-state index contributed by atoms with van der Waals surface area (Å²) in [5, 5.41) is 11.6. The lowest BCUT2D eigenvalue weighted by atomic mass is 10.0. The van der Waals surface area contributed by atoms with E-state index in [0.717, 1.165) is 44.7 Å². The van der Waals surface area contributed by atoms with Gasteiger partial charge in [-0.25, -0.2) is 13.2 Å². The minimum absolute atomic E-state index is 0.307. The van der Waals surface area contributed by atoms with Crippen LogP contribution in [0.15, 0.2) is 41.6 Å². The van der Waals surface area contributed by atoms with Crippen molar-refractivity contribution in [2.45, 2.75) is 48.4 Å². The molecule has 2 saturated heterocycles. The van der Waals surface area contributed by atoms with Gasteiger partial charge in [-0.1, -0.05) is 0 Å². The van der Waals surface area contributed by atoms with Crippen molar-refractivity contribution >= 4 is 21.6 Å². The van der Waals surface area contributed by atoms with Crippen LogP contribution in [0.1, 0.15) is 31.2 Å². The molecule has 0 unspecified atom stereocenters. The number of aromatic nitrogens is 2. The molecular formula is C21H29N5O4S. The third-order valence-corrected chi connectivity index (χ3v) is 8.35. The molecule has 0 radical (unpaired) electrons. The number of amides is 2. The molecule has 9 nitrogen and oxygen atoms in total. The van der Waals surface area contributed by atoms with Crippen LogP contribution in [0.2, 0.25) is 0 Å². The number of likely N-dealkylation sites (tertiary alicyclic amines) is 1. The Hall–Kier alpha value is -2.43. The highest BCUT2D eigenvalue weighted by Crippen LogP contribution is 2.28. The minimum Gasteiger partial charge on any atom is -0.381 e. The van der Waals surface area contributed by atoms with Gasteiger partial charge < -0.3 is 20.3 Å². The Bertz CT molecular complexity index is 948. The predicted molar refractivity (Wildman–Crippen MR) is 117 cm³/mol. The van der Waals surface area contributed by atoms with Crippen LogP contribution in [0.25, 0.3) is 0 Å². The minimum atomic E-state index is -3.39. The van der Waals surface area contributed by atoms with E-state index in [-0.39, 0.29) is 11.3 Å². The average Bonchev–Trinajstić information content (AvgIpc) is 3.33. The van der Waals surface area contributed by atoms with Gasteiger partial charge in [-0.05, 0) is 63.0 Å². The molecule has 2 fully saturated rings. The van der Waals surface area contributed by atoms with Crippen molar-refractivity contribution in [1.29, 1.82) is 0 Å². The zero-order valence-electron chi connectivity index (χ0n) is 17.4. The van der Waals surface area contributed by atoms with Crippen LogP contribution in [-0.2, 0) is 21.1 Å². The maximum Gasteiger partial charge on any atom is 0.319 e. The number of rotatable bonds is 6. The van der Waals surface area contributed by atoms with Crippen molar-refractivity contribution in [2.75, 3.05) is 31.6 Å². The average molecular weight is 448 g/mol. The number of urea groups is 1. The Balaban J connectivity index is 1.30. The molecule has 2 amide bonds. The van der Waals surface area contributed by atoms with Gasteiger partial charge in [-0.15, -0.1) is 0 Å². The molecule has 0 spiro atoms. The highest BCUT2D eigenvalue weighted by Gasteiger charge is 2.33. The summed E-state index contributed by atoms with van der Waals surface area (Å²) >= 11 is 0. The van der Waals surface area contributed by atoms with Crippen molar-refractivity contribution in [1.82, 2.24) is 20.4 Å². The van der Waals surface area contributed by atoms with Crippen LogP contribution in [0.3, 0.4) is 0 Å². The summed E-state index contributed by atoms with van der Waals surface area (Å²) in [6, 6.07) is 6.56. The Morgan fingerprint density at radius 2 is 1.84 bits per heavy atom. The van der Waals surface area contributed by atoms with Crippen LogP contribution in [-0.4, -0.2) is 67.1 Å². The number of carbonyl (C=O) groups is 1. The molecule has 0 atom stereocenters. The van der Waals surface area contributed by atoms with Gasteiger partial charge in [-0.2, -0.15) is 5.10 Å². The number of piperidine rings is 1. The molecule has 3 heterocycles. The molecule has 10 heteroatoms. The van der Waals surface area contributed by atoms with Gasteiger partial charge in [0.2, 0.25) is 0 Å². The fourth-order valence-electron chi connectivity index (χ4n) is 4.25. The summed E-state index contributed by atoms with van der Waals surface area (Å²) in [7, 11) is -3.39. The van der Waals surface area contributed by atoms with E-state index < -0.39 is 9.84 Å². The number of H-pyrrole nitrogens is 1. The SMILES string of the molecule is O=C(NCc1cn[nH]c1)Nc1ccc(S(=O)(=O)C2CCN(C3CCOCC3)CC2)cc1. The Morgan fingerprint density at radius 1 is 1.13 bits per heavy atom. The van der Waals surface area contributed by atoms with E-state index in [1.165, 1.54) is 0 Å². The van der Waals surface area contributed by atoms with E-state index in [9.17, 15) is 13.2 Å². The Morgan fingerprint density at radius 3 is 2.48 bits per heavy atom. The predicted octanol–water partition coefficient (Wildman–Crippen LogP) is 2.15. The number of aromatic amines is 1. The molecule has 0 saturated carbocycles. The second kappa shape index (κ2) is 9.80. The number of anilines is 1. The first kappa shape index (κ1) is 21.8. The van der Waals surface area contributed by atoms with E-state index in [4.69, 9.17) is 4.74 Å². The summed E-state index contributed by atoms with van der Waals surface area (Å²) < 4.78 is 31.6. The van der Waals surface area contributed by atoms with Gasteiger partial charge in [0, 0.05) is 43.2 Å². The lowest BCUT2D eigenvalue weighted by Crippen LogP contribution is -2.46. The normalized spacial score (nSPS) is 19.2. The van der Waals surface area contributed by atoms with E-state index in [0.29, 0.717) is 36.0 Å². The summed E-state index contributed by atoms with van der Waals surface area (Å²) in [5.41, 5.74) is 1.40. The molecule has 2 aliphatic rings. The summed E-state index contributed by atoms with van der Waals surface area (Å²) in [4.78, 5) is 14.7. The summed E-state index contributed by atoms with van der Waals surface area (Å²) in [5.74, 6) is 0. The lowest BCUT2D eigenvalue weighted by Gasteiger charge is -2.39. The van der Waals surface area contributed by atoms with Crippen LogP contribution in [0, 0.1) is 0 Å². The number of hydrogen-bond acceptors (Lipinski definition) is 6. The topological polar surface area (TPSA) is 116 Å². The standard InChI is InChI=1S/C21H29N5O4S/c27-21(22-13-16-14-23-24-15-16)25-17-1-3-19(4-2-17)31(28,29)20-5-9-26(10-6-20)18-7-11-30-12-8-18/h1-4,14-15,18,20H,5-13H2,(H,23,24)(H2,22,25,27). The van der Waals surface area contributed by atoms with E-state index in [1.54, 1.807) is 36.7 Å². The maximum absolute atomic E-state index is 13.1. The molecular weight excluding hydrogens is 418 g/mol. The molecule has 31 heavy (non-hydrogen) atoms. The fourth-order valence-corrected chi connectivity index (χ4v) is 5.99. The van der Waals surface area contributed by atoms with Crippen molar-refractivity contribution in [2.24, 2.45) is 0 Å². The molecule has 168 valence electrons. The van der Waals surface area contributed by atoms with Crippen molar-refractivity contribution in [3.05, 3.63) is 42.2 Å². The number of benzene rings is 1. The summed E-state index contributed by atoms with van der Waals surface area (Å²) in [6.07, 6.45) is 6.69. The number of hydrogen-bond donors (Lipinski definition) is 3. The molecule has 4 rings (SSSR count). The second-order valence-corrected chi connectivity index (χ2v) is 10.3. The number of nitrogens with one attached hydrogen (secondary N) is 3. The first-order valence-corrected chi connectivity index (χ1v) is 12.3. The molecule has 1 aromatic carbocycles. The second-order valence-electron chi connectivity index (χ2n) is 8.06. The summed E-state index contributed by atoms with van der Waals surface area (Å²) in [6.45, 7) is 3.56. The van der Waals surface area contributed by atoms with Crippen molar-refractivity contribution in [3.63, 3.8) is 0 Å². The molecule has 0 aliphatic carbocycles. The Kier molecular flexibility index (Phi) is 6.89. The zero-order valence-corrected chi connectivity index (χ0v) is 18.2. The first-order valence-electron chi connectivity index (χ1n) is 10.7. The van der Waals surface area contributed by atoms with E-state index in [2.05, 4.69) is 25.7 Å². The molecule has 3 N–H and O–H groups in total. The highest BCUT2D eigenvalue weighted by molar-refractivity contribution is 7.92. The van der Waals surface area contributed by atoms with Crippen LogP contribution in [0.5, 0.6) is 0 Å². The number of sulfone groups is 1. The number of nitrogens with zero attached hydrogens (tertiary/aromatic N) is 2. The maximum atomic E-state index is 13.1. The van der Waals surface area contributed by atoms with E-state index in [1.807, 2.05) is 0 Å². The largest absolute Gasteiger partial charge is 0.381 e. The monoisotopic (exact) mass is 447 g/mol. The smallest absolute Gasteiger partial charge is 0.319 e. The van der Waals surface area contributed by atoms with Gasteiger partial charge in [0.25, 0.3) is 0 Å². The van der Waals surface area contributed by atoms with Gasteiger partial charge in [0.15, 0.2) is 9.84 Å². The van der Waals surface area contributed by atoms with Crippen LogP contribution < -0.4 is 10.6 Å². The van der Waals surface area contributed by atoms with Crippen LogP contribution >= 0.6 is 0 Å². The first-order chi connectivity index (χ1) is 15.0. The van der Waals surface area contributed by atoms with Gasteiger partial charge >= 0.3 is 6.03 Å². The van der Waals surface area contributed by atoms with Gasteiger partial charge in [0.1, 0.15) is 0 Å². The Labute approximate surface area is 182 Å². The molecule has 2 aliphatic heterocycles. The third kappa shape index (κ3) is 5.44. The highest BCUT2D eigenvalue weighted by atomic mass is 32.2. The molecule has 2 aromatic rings. The van der Waals surface area contributed by atoms with Gasteiger partial charge in [0.05, 0.1) is 16.3 Å².